The predicted octanol–water partition coefficient (Wildman–Crippen LogP) is 3.10. The Labute approximate surface area is 163 Å². The fourth-order valence-electron chi connectivity index (χ4n) is 3.07. The van der Waals surface area contributed by atoms with E-state index in [1.165, 1.54) is 11.8 Å². The van der Waals surface area contributed by atoms with Crippen molar-refractivity contribution in [3.63, 3.8) is 0 Å². The van der Waals surface area contributed by atoms with Gasteiger partial charge in [-0.25, -0.2) is 0 Å². The number of aromatic nitrogens is 2. The highest BCUT2D eigenvalue weighted by Crippen LogP contribution is 2.37. The monoisotopic (exact) mass is 394 g/mol. The average Bonchev–Trinajstić information content (AvgIpc) is 3.35. The van der Waals surface area contributed by atoms with E-state index in [4.69, 9.17) is 9.47 Å². The molecule has 8 nitrogen and oxygen atoms in total. The van der Waals surface area contributed by atoms with E-state index in [-0.39, 0.29) is 18.6 Å². The van der Waals surface area contributed by atoms with Gasteiger partial charge in [0.05, 0.1) is 17.6 Å². The summed E-state index contributed by atoms with van der Waals surface area (Å²) >= 11 is 1.45. The highest BCUT2D eigenvalue weighted by atomic mass is 32.2. The van der Waals surface area contributed by atoms with Gasteiger partial charge in [0.1, 0.15) is 5.82 Å². The molecule has 3 heterocycles. The minimum atomic E-state index is -0.307. The molecule has 2 amide bonds. The minimum absolute atomic E-state index is 0.0753. The molecule has 1 aromatic heterocycles. The number of aromatic amines is 1. The van der Waals surface area contributed by atoms with Gasteiger partial charge in [-0.15, -0.1) is 11.8 Å². The first kappa shape index (κ1) is 16.7. The maximum Gasteiger partial charge on any atom is 0.256 e. The van der Waals surface area contributed by atoms with Crippen LogP contribution in [0.2, 0.25) is 0 Å². The van der Waals surface area contributed by atoms with Crippen LogP contribution in [0.4, 0.5) is 11.5 Å². The molecular weight excluding hydrogens is 380 g/mol. The number of hydrogen-bond acceptors (Lipinski definition) is 6. The second kappa shape index (κ2) is 6.61. The molecule has 0 spiro atoms. The molecule has 3 aromatic rings. The third-order valence-electron chi connectivity index (χ3n) is 4.44. The van der Waals surface area contributed by atoms with E-state index in [2.05, 4.69) is 20.8 Å². The number of fused-ring (bicyclic) bond motifs is 2. The number of nitrogens with one attached hydrogen (secondary N) is 3. The molecule has 0 fully saturated rings. The number of hydrogen-bond donors (Lipinski definition) is 3. The van der Waals surface area contributed by atoms with Crippen LogP contribution in [0.3, 0.4) is 0 Å². The Hall–Kier alpha value is -3.46. The molecule has 0 bridgehead atoms. The molecule has 0 aliphatic carbocycles. The van der Waals surface area contributed by atoms with Crippen LogP contribution in [0.5, 0.6) is 11.5 Å². The molecule has 2 aliphatic heterocycles. The summed E-state index contributed by atoms with van der Waals surface area (Å²) in [5, 5.41) is 12.5. The number of carbonyl (C=O) groups is 2. The Morgan fingerprint density at radius 2 is 2.04 bits per heavy atom. The molecule has 0 atom stereocenters. The second-order valence-corrected chi connectivity index (χ2v) is 7.25. The summed E-state index contributed by atoms with van der Waals surface area (Å²) < 4.78 is 10.7. The Balaban J connectivity index is 1.40. The van der Waals surface area contributed by atoms with E-state index in [9.17, 15) is 9.59 Å². The van der Waals surface area contributed by atoms with Crippen LogP contribution < -0.4 is 20.1 Å². The number of amides is 2. The molecule has 0 saturated heterocycles. The molecule has 9 heteroatoms. The molecule has 0 radical (unpaired) electrons. The first-order valence-electron chi connectivity index (χ1n) is 8.49. The lowest BCUT2D eigenvalue weighted by atomic mass is 10.1. The van der Waals surface area contributed by atoms with Gasteiger partial charge in [-0.1, -0.05) is 6.07 Å². The maximum atomic E-state index is 12.7. The molecule has 28 heavy (non-hydrogen) atoms. The van der Waals surface area contributed by atoms with Crippen molar-refractivity contribution in [1.82, 2.24) is 10.2 Å². The lowest BCUT2D eigenvalue weighted by molar-refractivity contribution is -0.113. The van der Waals surface area contributed by atoms with Gasteiger partial charge in [0.25, 0.3) is 5.91 Å². The topological polar surface area (TPSA) is 105 Å². The molecule has 0 unspecified atom stereocenters. The standard InChI is InChI=1S/C19H14N4O4S/c24-17-8-28-16-4-2-11(5-13(16)21-17)19(25)22-18-12(7-20-23-18)10-1-3-14-15(6-10)27-9-26-14/h1-7H,8-9H2,(H,21,24)(H2,20,22,23,25). The van der Waals surface area contributed by atoms with Crippen molar-refractivity contribution in [3.05, 3.63) is 48.2 Å². The summed E-state index contributed by atoms with van der Waals surface area (Å²) in [4.78, 5) is 25.3. The normalized spacial score (nSPS) is 14.4. The van der Waals surface area contributed by atoms with Gasteiger partial charge >= 0.3 is 0 Å². The molecule has 140 valence electrons. The summed E-state index contributed by atoms with van der Waals surface area (Å²) in [5.74, 6) is 1.81. The van der Waals surface area contributed by atoms with Crippen molar-refractivity contribution in [2.75, 3.05) is 23.2 Å². The summed E-state index contributed by atoms with van der Waals surface area (Å²) in [5.41, 5.74) is 2.65. The fraction of sp³-hybridized carbons (Fsp3) is 0.105. The van der Waals surface area contributed by atoms with E-state index in [1.54, 1.807) is 18.3 Å². The Morgan fingerprint density at radius 3 is 2.96 bits per heavy atom. The van der Waals surface area contributed by atoms with Crippen molar-refractivity contribution >= 4 is 35.1 Å². The first-order chi connectivity index (χ1) is 13.7. The first-order valence-corrected chi connectivity index (χ1v) is 9.47. The van der Waals surface area contributed by atoms with Crippen LogP contribution in [-0.2, 0) is 4.79 Å². The third kappa shape index (κ3) is 2.95. The summed E-state index contributed by atoms with van der Waals surface area (Å²) in [6.07, 6.45) is 1.64. The van der Waals surface area contributed by atoms with Crippen LogP contribution in [0.25, 0.3) is 11.1 Å². The molecular formula is C19H14N4O4S. The highest BCUT2D eigenvalue weighted by Gasteiger charge is 2.20. The van der Waals surface area contributed by atoms with Gasteiger partial charge in [0.15, 0.2) is 11.5 Å². The van der Waals surface area contributed by atoms with E-state index >= 15 is 0 Å². The second-order valence-electron chi connectivity index (χ2n) is 6.23. The van der Waals surface area contributed by atoms with Gasteiger partial charge < -0.3 is 20.1 Å². The van der Waals surface area contributed by atoms with Crippen molar-refractivity contribution in [2.24, 2.45) is 0 Å². The summed E-state index contributed by atoms with van der Waals surface area (Å²) in [7, 11) is 0. The average molecular weight is 394 g/mol. The van der Waals surface area contributed by atoms with Crippen molar-refractivity contribution in [3.8, 4) is 22.6 Å². The predicted molar refractivity (Wildman–Crippen MR) is 104 cm³/mol. The third-order valence-corrected chi connectivity index (χ3v) is 5.51. The lowest BCUT2D eigenvalue weighted by Gasteiger charge is -2.17. The van der Waals surface area contributed by atoms with E-state index in [0.29, 0.717) is 34.3 Å². The van der Waals surface area contributed by atoms with E-state index in [0.717, 1.165) is 16.0 Å². The lowest BCUT2D eigenvalue weighted by Crippen LogP contribution is -2.20. The number of carbonyl (C=O) groups excluding carboxylic acids is 2. The zero-order valence-electron chi connectivity index (χ0n) is 14.4. The maximum absolute atomic E-state index is 12.7. The zero-order valence-corrected chi connectivity index (χ0v) is 15.3. The SMILES string of the molecule is O=C1CSc2ccc(C(=O)Nc3[nH]ncc3-c3ccc4c(c3)OCO4)cc2N1. The van der Waals surface area contributed by atoms with Gasteiger partial charge in [0.2, 0.25) is 12.7 Å². The van der Waals surface area contributed by atoms with Crippen LogP contribution in [0, 0.1) is 0 Å². The van der Waals surface area contributed by atoms with Crippen LogP contribution in [0.15, 0.2) is 47.5 Å². The number of ether oxygens (including phenoxy) is 2. The van der Waals surface area contributed by atoms with Crippen LogP contribution in [-0.4, -0.2) is 34.6 Å². The van der Waals surface area contributed by atoms with Crippen LogP contribution >= 0.6 is 11.8 Å². The number of benzene rings is 2. The number of anilines is 2. The molecule has 5 rings (SSSR count). The Kier molecular flexibility index (Phi) is 3.94. The smallest absolute Gasteiger partial charge is 0.256 e. The van der Waals surface area contributed by atoms with Crippen molar-refractivity contribution < 1.29 is 19.1 Å². The molecule has 2 aliphatic rings. The Morgan fingerprint density at radius 1 is 1.14 bits per heavy atom. The van der Waals surface area contributed by atoms with E-state index < -0.39 is 0 Å². The molecule has 0 saturated carbocycles. The number of thioether (sulfide) groups is 1. The Bertz CT molecular complexity index is 1110. The zero-order chi connectivity index (χ0) is 19.1. The van der Waals surface area contributed by atoms with Gasteiger partial charge in [-0.05, 0) is 35.9 Å². The highest BCUT2D eigenvalue weighted by molar-refractivity contribution is 8.00. The van der Waals surface area contributed by atoms with Gasteiger partial charge in [-0.2, -0.15) is 5.10 Å². The minimum Gasteiger partial charge on any atom is -0.454 e. The largest absolute Gasteiger partial charge is 0.454 e. The van der Waals surface area contributed by atoms with Crippen molar-refractivity contribution in [1.29, 1.82) is 0 Å². The number of H-pyrrole nitrogens is 1. The van der Waals surface area contributed by atoms with Crippen LogP contribution in [0.1, 0.15) is 10.4 Å². The molecule has 3 N–H and O–H groups in total. The quantitative estimate of drug-likeness (QED) is 0.630. The number of rotatable bonds is 3. The van der Waals surface area contributed by atoms with Gasteiger partial charge in [-0.3, -0.25) is 14.7 Å². The summed E-state index contributed by atoms with van der Waals surface area (Å²) in [6.45, 7) is 0.195. The fourth-order valence-corrected chi connectivity index (χ4v) is 3.86. The summed E-state index contributed by atoms with van der Waals surface area (Å²) in [6, 6.07) is 10.8. The van der Waals surface area contributed by atoms with Crippen molar-refractivity contribution in [2.45, 2.75) is 4.90 Å². The van der Waals surface area contributed by atoms with Gasteiger partial charge in [0, 0.05) is 16.0 Å². The molecule has 2 aromatic carbocycles. The number of nitrogens with zero attached hydrogens (tertiary/aromatic N) is 1. The van der Waals surface area contributed by atoms with E-state index in [1.807, 2.05) is 24.3 Å².